The molecule has 0 aromatic carbocycles. The predicted octanol–water partition coefficient (Wildman–Crippen LogP) is 1.33. The Morgan fingerprint density at radius 3 is 3.08 bits per heavy atom. The Hall–Kier alpha value is 0.0700. The molecule has 6 heteroatoms. The van der Waals surface area contributed by atoms with Gasteiger partial charge in [-0.05, 0) is 19.8 Å². The molecule has 1 atom stereocenters. The molecule has 1 aliphatic heterocycles. The van der Waals surface area contributed by atoms with Gasteiger partial charge in [-0.2, -0.15) is 0 Å². The molecule has 0 saturated carbocycles. The van der Waals surface area contributed by atoms with E-state index >= 15 is 0 Å². The largest absolute Gasteiger partial charge is 0.336 e. The topological polar surface area (TPSA) is 50.8 Å². The zero-order valence-electron chi connectivity index (χ0n) is 7.91. The molecule has 1 unspecified atom stereocenters. The van der Waals surface area contributed by atoms with Gasteiger partial charge in [0.15, 0.2) is 0 Å². The summed E-state index contributed by atoms with van der Waals surface area (Å²) in [5, 5.41) is 1.53. The zero-order chi connectivity index (χ0) is 9.52. The highest BCUT2D eigenvalue weighted by Crippen LogP contribution is 2.24. The van der Waals surface area contributed by atoms with Crippen LogP contribution in [-0.2, 0) is 13.7 Å². The molecule has 1 N–H and O–H groups in total. The smallest absolute Gasteiger partial charge is 0.310 e. The van der Waals surface area contributed by atoms with Crippen molar-refractivity contribution in [2.75, 3.05) is 19.7 Å². The van der Waals surface area contributed by atoms with Crippen molar-refractivity contribution in [3.63, 3.8) is 0 Å². The van der Waals surface area contributed by atoms with Gasteiger partial charge in [0.1, 0.15) is 0 Å². The standard InChI is InChI=1S/C7H17N2O3P/c1-2-11-13(10)12-9-7-5-3-4-6-8-9/h8,13H,2-7H2,1H3. The summed E-state index contributed by atoms with van der Waals surface area (Å²) in [6.45, 7) is 3.86. The molecule has 0 aromatic heterocycles. The minimum Gasteiger partial charge on any atom is -0.310 e. The number of hydrogen-bond acceptors (Lipinski definition) is 5. The normalized spacial score (nSPS) is 22.5. The van der Waals surface area contributed by atoms with Crippen molar-refractivity contribution in [1.29, 1.82) is 0 Å². The van der Waals surface area contributed by atoms with Gasteiger partial charge in [0.05, 0.1) is 6.61 Å². The average Bonchev–Trinajstić information content (AvgIpc) is 2.33. The van der Waals surface area contributed by atoms with Gasteiger partial charge in [-0.3, -0.25) is 4.57 Å². The van der Waals surface area contributed by atoms with Crippen molar-refractivity contribution in [3.8, 4) is 0 Å². The Labute approximate surface area is 79.3 Å². The molecule has 1 saturated heterocycles. The third kappa shape index (κ3) is 4.74. The average molecular weight is 208 g/mol. The van der Waals surface area contributed by atoms with Crippen LogP contribution in [0, 0.1) is 0 Å². The van der Waals surface area contributed by atoms with Crippen molar-refractivity contribution in [1.82, 2.24) is 10.6 Å². The second kappa shape index (κ2) is 6.51. The predicted molar refractivity (Wildman–Crippen MR) is 50.3 cm³/mol. The summed E-state index contributed by atoms with van der Waals surface area (Å²) in [5.74, 6) is 0. The van der Waals surface area contributed by atoms with Gasteiger partial charge in [-0.25, -0.2) is 10.1 Å². The van der Waals surface area contributed by atoms with Gasteiger partial charge < -0.3 is 4.52 Å². The molecular weight excluding hydrogens is 191 g/mol. The highest BCUT2D eigenvalue weighted by atomic mass is 31.1. The molecule has 13 heavy (non-hydrogen) atoms. The van der Waals surface area contributed by atoms with Crippen molar-refractivity contribution < 1.29 is 13.7 Å². The number of hydroxylamine groups is 1. The van der Waals surface area contributed by atoms with Gasteiger partial charge in [0.25, 0.3) is 0 Å². The van der Waals surface area contributed by atoms with Gasteiger partial charge in [0.2, 0.25) is 0 Å². The molecule has 0 aromatic rings. The highest BCUT2D eigenvalue weighted by Gasteiger charge is 2.11. The van der Waals surface area contributed by atoms with E-state index < -0.39 is 8.25 Å². The first kappa shape index (κ1) is 11.1. The monoisotopic (exact) mass is 208 g/mol. The van der Waals surface area contributed by atoms with Gasteiger partial charge in [-0.1, -0.05) is 6.42 Å². The van der Waals surface area contributed by atoms with Crippen LogP contribution in [0.25, 0.3) is 0 Å². The Bertz CT molecular complexity index is 160. The number of nitrogens with one attached hydrogen (secondary N) is 1. The van der Waals surface area contributed by atoms with Crippen LogP contribution in [-0.4, -0.2) is 24.9 Å². The Balaban J connectivity index is 2.21. The fourth-order valence-corrected chi connectivity index (χ4v) is 1.78. The summed E-state index contributed by atoms with van der Waals surface area (Å²) in [4.78, 5) is 0. The summed E-state index contributed by atoms with van der Waals surface area (Å²) in [5.41, 5.74) is 3.03. The van der Waals surface area contributed by atoms with E-state index in [0.29, 0.717) is 6.61 Å². The fraction of sp³-hybridized carbons (Fsp3) is 1.00. The van der Waals surface area contributed by atoms with E-state index in [-0.39, 0.29) is 0 Å². The van der Waals surface area contributed by atoms with Gasteiger partial charge in [0, 0.05) is 13.1 Å². The summed E-state index contributed by atoms with van der Waals surface area (Å²) < 4.78 is 21.0. The summed E-state index contributed by atoms with van der Waals surface area (Å²) in [6, 6.07) is 0. The first-order valence-electron chi connectivity index (χ1n) is 4.68. The van der Waals surface area contributed by atoms with E-state index in [9.17, 15) is 4.57 Å². The third-order valence-electron chi connectivity index (χ3n) is 1.77. The van der Waals surface area contributed by atoms with Crippen LogP contribution in [0.4, 0.5) is 0 Å². The van der Waals surface area contributed by atoms with Gasteiger partial charge in [-0.15, -0.1) is 5.17 Å². The lowest BCUT2D eigenvalue weighted by atomic mass is 10.2. The number of nitrogens with zero attached hydrogens (tertiary/aromatic N) is 1. The quantitative estimate of drug-likeness (QED) is 0.706. The molecule has 1 aliphatic rings. The van der Waals surface area contributed by atoms with E-state index in [4.69, 9.17) is 9.15 Å². The Kier molecular flexibility index (Phi) is 5.58. The van der Waals surface area contributed by atoms with Crippen molar-refractivity contribution in [2.24, 2.45) is 0 Å². The molecule has 78 valence electrons. The molecule has 0 radical (unpaired) electrons. The van der Waals surface area contributed by atoms with Crippen LogP contribution in [0.1, 0.15) is 26.2 Å². The zero-order valence-corrected chi connectivity index (χ0v) is 8.91. The SMILES string of the molecule is CCO[PH](=O)ON1CCCCCN1. The maximum absolute atomic E-state index is 11.1. The van der Waals surface area contributed by atoms with E-state index in [0.717, 1.165) is 25.9 Å². The van der Waals surface area contributed by atoms with E-state index in [1.165, 1.54) is 11.6 Å². The number of hydrazine groups is 1. The third-order valence-corrected chi connectivity index (χ3v) is 2.67. The number of hydrogen-bond donors (Lipinski definition) is 1. The lowest BCUT2D eigenvalue weighted by Gasteiger charge is -2.18. The molecule has 5 nitrogen and oxygen atoms in total. The van der Waals surface area contributed by atoms with E-state index in [1.54, 1.807) is 6.92 Å². The highest BCUT2D eigenvalue weighted by molar-refractivity contribution is 7.33. The molecule has 0 aliphatic carbocycles. The lowest BCUT2D eigenvalue weighted by molar-refractivity contribution is -0.105. The molecule has 0 spiro atoms. The summed E-state index contributed by atoms with van der Waals surface area (Å²) in [7, 11) is -2.34. The second-order valence-corrected chi connectivity index (χ2v) is 3.82. The van der Waals surface area contributed by atoms with Crippen LogP contribution < -0.4 is 5.43 Å². The molecular formula is C7H17N2O3P. The van der Waals surface area contributed by atoms with Crippen LogP contribution >= 0.6 is 8.25 Å². The lowest BCUT2D eigenvalue weighted by Crippen LogP contribution is -2.35. The Morgan fingerprint density at radius 2 is 2.31 bits per heavy atom. The van der Waals surface area contributed by atoms with Crippen molar-refractivity contribution in [2.45, 2.75) is 26.2 Å². The minimum absolute atomic E-state index is 0.422. The molecule has 1 heterocycles. The summed E-state index contributed by atoms with van der Waals surface area (Å²) in [6.07, 6.45) is 3.38. The van der Waals surface area contributed by atoms with Crippen LogP contribution in [0.3, 0.4) is 0 Å². The first-order valence-corrected chi connectivity index (χ1v) is 5.91. The maximum Gasteiger partial charge on any atom is 0.336 e. The second-order valence-electron chi connectivity index (χ2n) is 2.85. The molecule has 1 fully saturated rings. The number of rotatable bonds is 4. The molecule has 0 amide bonds. The molecule has 0 bridgehead atoms. The Morgan fingerprint density at radius 1 is 1.46 bits per heavy atom. The van der Waals surface area contributed by atoms with Crippen molar-refractivity contribution >= 4 is 8.25 Å². The van der Waals surface area contributed by atoms with Crippen LogP contribution in [0.15, 0.2) is 0 Å². The maximum atomic E-state index is 11.1. The van der Waals surface area contributed by atoms with Gasteiger partial charge >= 0.3 is 8.25 Å². The first-order chi connectivity index (χ1) is 6.33. The van der Waals surface area contributed by atoms with Crippen LogP contribution in [0.5, 0.6) is 0 Å². The van der Waals surface area contributed by atoms with E-state index in [1.807, 2.05) is 0 Å². The summed E-state index contributed by atoms with van der Waals surface area (Å²) >= 11 is 0. The van der Waals surface area contributed by atoms with E-state index in [2.05, 4.69) is 5.43 Å². The molecule has 1 rings (SSSR count). The van der Waals surface area contributed by atoms with Crippen LogP contribution in [0.2, 0.25) is 0 Å². The minimum atomic E-state index is -2.34. The van der Waals surface area contributed by atoms with Crippen molar-refractivity contribution in [3.05, 3.63) is 0 Å². The fourth-order valence-electron chi connectivity index (χ4n) is 1.15.